The molecule has 40 heavy (non-hydrogen) atoms. The van der Waals surface area contributed by atoms with E-state index < -0.39 is 6.04 Å². The van der Waals surface area contributed by atoms with Gasteiger partial charge in [0, 0.05) is 36.3 Å². The average molecular weight is 602 g/mol. The van der Waals surface area contributed by atoms with E-state index in [0.717, 1.165) is 36.8 Å². The Morgan fingerprint density at radius 3 is 2.48 bits per heavy atom. The lowest BCUT2D eigenvalue weighted by molar-refractivity contribution is -0.151. The van der Waals surface area contributed by atoms with Crippen LogP contribution in [-0.2, 0) is 16.1 Å². The van der Waals surface area contributed by atoms with Gasteiger partial charge in [0.1, 0.15) is 34.5 Å². The van der Waals surface area contributed by atoms with Gasteiger partial charge in [0.25, 0.3) is 0 Å². The molecule has 7 rings (SSSR count). The molecule has 5 heterocycles. The van der Waals surface area contributed by atoms with Crippen molar-refractivity contribution in [3.63, 3.8) is 0 Å². The number of benzene rings is 1. The van der Waals surface area contributed by atoms with Crippen molar-refractivity contribution in [2.45, 2.75) is 58.2 Å². The fourth-order valence-corrected chi connectivity index (χ4v) is 6.36. The summed E-state index contributed by atoms with van der Waals surface area (Å²) >= 11 is 3.34. The van der Waals surface area contributed by atoms with E-state index in [2.05, 4.69) is 41.3 Å². The van der Waals surface area contributed by atoms with Crippen LogP contribution in [0.1, 0.15) is 48.9 Å². The van der Waals surface area contributed by atoms with Gasteiger partial charge in [0.15, 0.2) is 5.78 Å². The second kappa shape index (κ2) is 10.5. The van der Waals surface area contributed by atoms with Crippen molar-refractivity contribution >= 4 is 50.2 Å². The van der Waals surface area contributed by atoms with Crippen molar-refractivity contribution in [2.75, 3.05) is 5.32 Å². The van der Waals surface area contributed by atoms with Crippen LogP contribution >= 0.6 is 15.9 Å². The summed E-state index contributed by atoms with van der Waals surface area (Å²) in [4.78, 5) is 54.5. The van der Waals surface area contributed by atoms with E-state index in [1.807, 2.05) is 25.1 Å². The summed E-state index contributed by atoms with van der Waals surface area (Å²) in [6.07, 6.45) is 7.04. The summed E-state index contributed by atoms with van der Waals surface area (Å²) in [5.41, 5.74) is 2.65. The molecular formula is C29H28BrN7O3. The number of piperidine rings is 2. The Labute approximate surface area is 239 Å². The van der Waals surface area contributed by atoms with Crippen molar-refractivity contribution < 1.29 is 14.4 Å². The van der Waals surface area contributed by atoms with Gasteiger partial charge in [0.05, 0.1) is 5.52 Å². The van der Waals surface area contributed by atoms with E-state index in [1.54, 1.807) is 40.2 Å². The number of hydrogen-bond donors (Lipinski definition) is 1. The van der Waals surface area contributed by atoms with Gasteiger partial charge in [-0.25, -0.2) is 15.0 Å². The maximum absolute atomic E-state index is 13.9. The van der Waals surface area contributed by atoms with E-state index in [1.165, 1.54) is 6.92 Å². The lowest BCUT2D eigenvalue weighted by atomic mass is 9.74. The molecule has 1 aliphatic carbocycles. The number of nitrogens with zero attached hydrogens (tertiary/aromatic N) is 6. The number of aromatic nitrogens is 5. The highest BCUT2D eigenvalue weighted by Gasteiger charge is 2.47. The van der Waals surface area contributed by atoms with Crippen LogP contribution in [0.4, 0.5) is 5.82 Å². The first kappa shape index (κ1) is 26.2. The van der Waals surface area contributed by atoms with Crippen LogP contribution in [0.3, 0.4) is 0 Å². The molecule has 3 aromatic heterocycles. The number of amides is 2. The summed E-state index contributed by atoms with van der Waals surface area (Å²) in [6.45, 7) is 3.22. The SMILES string of the molecule is CC(=O)c1nn(CC(=O)N2C3CCC(CC3)[C@@H]2C(=O)Nc2cccc(Br)n2)c2ccc(-c3cnc(C)nc3)cc12. The molecule has 11 heteroatoms. The van der Waals surface area contributed by atoms with Crippen LogP contribution < -0.4 is 5.32 Å². The lowest BCUT2D eigenvalue weighted by Crippen LogP contribution is -2.62. The number of pyridine rings is 1. The third-order valence-electron chi connectivity index (χ3n) is 7.89. The van der Waals surface area contributed by atoms with Gasteiger partial charge >= 0.3 is 0 Å². The molecule has 2 saturated heterocycles. The van der Waals surface area contributed by atoms with Crippen LogP contribution in [0.2, 0.25) is 0 Å². The minimum Gasteiger partial charge on any atom is -0.326 e. The number of carbonyl (C=O) groups excluding carboxylic acids is 3. The predicted octanol–water partition coefficient (Wildman–Crippen LogP) is 4.57. The van der Waals surface area contributed by atoms with Gasteiger partial charge in [-0.2, -0.15) is 5.10 Å². The fraction of sp³-hybridized carbons (Fsp3) is 0.345. The summed E-state index contributed by atoms with van der Waals surface area (Å²) in [5, 5.41) is 8.12. The molecule has 1 N–H and O–H groups in total. The number of Topliss-reactive ketones (excluding diaryl/α,β-unsaturated/α-hetero) is 1. The minimum absolute atomic E-state index is 0.00837. The summed E-state index contributed by atoms with van der Waals surface area (Å²) in [6, 6.07) is 10.4. The molecule has 4 aromatic rings. The average Bonchev–Trinajstić information content (AvgIpc) is 3.31. The molecule has 10 nitrogen and oxygen atoms in total. The molecule has 1 saturated carbocycles. The highest BCUT2D eigenvalue weighted by Crippen LogP contribution is 2.40. The van der Waals surface area contributed by atoms with Gasteiger partial charge in [-0.05, 0) is 84.3 Å². The molecule has 0 radical (unpaired) electrons. The topological polar surface area (TPSA) is 123 Å². The zero-order valence-electron chi connectivity index (χ0n) is 22.2. The van der Waals surface area contributed by atoms with Crippen LogP contribution in [0.25, 0.3) is 22.0 Å². The maximum Gasteiger partial charge on any atom is 0.248 e. The van der Waals surface area contributed by atoms with Crippen LogP contribution in [-0.4, -0.2) is 59.3 Å². The largest absolute Gasteiger partial charge is 0.326 e. The maximum atomic E-state index is 13.9. The molecular weight excluding hydrogens is 574 g/mol. The summed E-state index contributed by atoms with van der Waals surface area (Å²) in [7, 11) is 0. The Morgan fingerprint density at radius 2 is 1.77 bits per heavy atom. The first-order valence-electron chi connectivity index (χ1n) is 13.3. The van der Waals surface area contributed by atoms with E-state index in [4.69, 9.17) is 0 Å². The molecule has 0 unspecified atom stereocenters. The number of anilines is 1. The molecule has 2 aliphatic heterocycles. The summed E-state index contributed by atoms with van der Waals surface area (Å²) in [5.74, 6) is 0.589. The first-order chi connectivity index (χ1) is 19.3. The molecule has 3 fully saturated rings. The van der Waals surface area contributed by atoms with Crippen molar-refractivity contribution in [2.24, 2.45) is 5.92 Å². The highest BCUT2D eigenvalue weighted by molar-refractivity contribution is 9.10. The van der Waals surface area contributed by atoms with Gasteiger partial charge in [0.2, 0.25) is 11.8 Å². The molecule has 1 aromatic carbocycles. The third-order valence-corrected chi connectivity index (χ3v) is 8.33. The number of aryl methyl sites for hydroxylation is 1. The number of rotatable bonds is 6. The fourth-order valence-electron chi connectivity index (χ4n) is 6.02. The second-order valence-corrected chi connectivity index (χ2v) is 11.3. The number of hydrogen-bond acceptors (Lipinski definition) is 7. The Morgan fingerprint density at radius 1 is 1.02 bits per heavy atom. The molecule has 0 spiro atoms. The zero-order chi connectivity index (χ0) is 28.0. The quantitative estimate of drug-likeness (QED) is 0.253. The van der Waals surface area contributed by atoms with Crippen molar-refractivity contribution in [3.8, 4) is 11.1 Å². The molecule has 2 amide bonds. The van der Waals surface area contributed by atoms with E-state index in [9.17, 15) is 14.4 Å². The predicted molar refractivity (Wildman–Crippen MR) is 152 cm³/mol. The van der Waals surface area contributed by atoms with E-state index in [0.29, 0.717) is 32.8 Å². The number of halogens is 1. The summed E-state index contributed by atoms with van der Waals surface area (Å²) < 4.78 is 2.20. The third kappa shape index (κ3) is 4.90. The second-order valence-electron chi connectivity index (χ2n) is 10.5. The van der Waals surface area contributed by atoms with Gasteiger partial charge in [-0.15, -0.1) is 0 Å². The number of ketones is 1. The molecule has 2 bridgehead atoms. The van der Waals surface area contributed by atoms with Crippen LogP contribution in [0.5, 0.6) is 0 Å². The van der Waals surface area contributed by atoms with Gasteiger partial charge < -0.3 is 10.2 Å². The molecule has 3 aliphatic rings. The van der Waals surface area contributed by atoms with Crippen LogP contribution in [0, 0.1) is 12.8 Å². The first-order valence-corrected chi connectivity index (χ1v) is 14.1. The van der Waals surface area contributed by atoms with Crippen LogP contribution in [0.15, 0.2) is 53.4 Å². The van der Waals surface area contributed by atoms with E-state index in [-0.39, 0.29) is 36.1 Å². The standard InChI is InChI=1S/C29H28BrN7O3/c1-16(38)27-22-12-19(20-13-31-17(2)32-14-20)8-11-23(22)36(35-27)15-26(39)37-21-9-6-18(7-10-21)28(37)29(40)34-25-5-3-4-24(30)33-25/h3-5,8,11-14,18,21,28H,6-7,9-10,15H2,1-2H3,(H,33,34,40)/t18?,21?,28-/m1/s1. The number of fused-ring (bicyclic) bond motifs is 4. The van der Waals surface area contributed by atoms with Crippen molar-refractivity contribution in [1.29, 1.82) is 0 Å². The number of nitrogens with one attached hydrogen (secondary N) is 1. The monoisotopic (exact) mass is 601 g/mol. The lowest BCUT2D eigenvalue weighted by Gasteiger charge is -2.50. The molecule has 204 valence electrons. The van der Waals surface area contributed by atoms with Crippen molar-refractivity contribution in [3.05, 3.63) is 64.9 Å². The zero-order valence-corrected chi connectivity index (χ0v) is 23.8. The Bertz CT molecular complexity index is 1630. The smallest absolute Gasteiger partial charge is 0.248 e. The Hall–Kier alpha value is -3.99. The molecule has 1 atom stereocenters. The normalized spacial score (nSPS) is 20.1. The minimum atomic E-state index is -0.581. The Kier molecular flexibility index (Phi) is 6.91. The Balaban J connectivity index is 1.30. The van der Waals surface area contributed by atoms with Gasteiger partial charge in [-0.1, -0.05) is 12.1 Å². The highest BCUT2D eigenvalue weighted by atomic mass is 79.9. The van der Waals surface area contributed by atoms with E-state index >= 15 is 0 Å². The number of carbonyl (C=O) groups is 3. The van der Waals surface area contributed by atoms with Gasteiger partial charge in [-0.3, -0.25) is 19.1 Å². The van der Waals surface area contributed by atoms with Crippen molar-refractivity contribution in [1.82, 2.24) is 29.6 Å².